The molecule has 0 saturated carbocycles. The molecule has 1 saturated heterocycles. The van der Waals surface area contributed by atoms with E-state index in [1.54, 1.807) is 26.4 Å². The number of likely N-dealkylation sites (tertiary alicyclic amines) is 1. The van der Waals surface area contributed by atoms with Crippen LogP contribution in [0, 0.1) is 0 Å². The van der Waals surface area contributed by atoms with Gasteiger partial charge in [0, 0.05) is 37.3 Å². The molecule has 1 fully saturated rings. The predicted octanol–water partition coefficient (Wildman–Crippen LogP) is 3.11. The first-order chi connectivity index (χ1) is 13.2. The smallest absolute Gasteiger partial charge is 0.244 e. The third kappa shape index (κ3) is 5.34. The van der Waals surface area contributed by atoms with Crippen molar-refractivity contribution in [3.63, 3.8) is 0 Å². The summed E-state index contributed by atoms with van der Waals surface area (Å²) in [6, 6.07) is 16.1. The van der Waals surface area contributed by atoms with Gasteiger partial charge in [-0.2, -0.15) is 0 Å². The minimum Gasteiger partial charge on any atom is -0.497 e. The highest BCUT2D eigenvalue weighted by Crippen LogP contribution is 2.25. The van der Waals surface area contributed by atoms with Crippen LogP contribution in [0.4, 0.5) is 0 Å². The Hall–Kier alpha value is -2.79. The normalized spacial score (nSPS) is 17.2. The molecule has 1 aliphatic rings. The molecular weight excluding hydrogens is 340 g/mol. The summed E-state index contributed by atoms with van der Waals surface area (Å²) in [5.74, 6) is 1.34. The van der Waals surface area contributed by atoms with Crippen molar-refractivity contribution < 1.29 is 14.3 Å². The average Bonchev–Trinajstić information content (AvgIpc) is 3.13. The van der Waals surface area contributed by atoms with Crippen molar-refractivity contribution in [1.82, 2.24) is 10.2 Å². The number of nitrogens with one attached hydrogen (secondary N) is 1. The van der Waals surface area contributed by atoms with E-state index in [9.17, 15) is 4.79 Å². The molecule has 1 amide bonds. The molecule has 0 aliphatic carbocycles. The quantitative estimate of drug-likeness (QED) is 0.765. The zero-order valence-electron chi connectivity index (χ0n) is 15.9. The number of nitrogens with zero attached hydrogens (tertiary/aromatic N) is 1. The number of rotatable bonds is 7. The van der Waals surface area contributed by atoms with Gasteiger partial charge in [0.05, 0.1) is 14.2 Å². The fourth-order valence-corrected chi connectivity index (χ4v) is 3.32. The van der Waals surface area contributed by atoms with Gasteiger partial charge in [-0.1, -0.05) is 30.3 Å². The van der Waals surface area contributed by atoms with Gasteiger partial charge in [0.15, 0.2) is 0 Å². The van der Waals surface area contributed by atoms with E-state index in [1.165, 1.54) is 5.56 Å². The number of amides is 1. The van der Waals surface area contributed by atoms with Crippen molar-refractivity contribution in [1.29, 1.82) is 0 Å². The van der Waals surface area contributed by atoms with Crippen LogP contribution in [0.5, 0.6) is 11.5 Å². The molecule has 1 aliphatic heterocycles. The van der Waals surface area contributed by atoms with Crippen LogP contribution in [-0.2, 0) is 11.3 Å². The molecule has 5 heteroatoms. The van der Waals surface area contributed by atoms with Crippen LogP contribution in [0.1, 0.15) is 17.5 Å². The van der Waals surface area contributed by atoms with E-state index in [4.69, 9.17) is 9.47 Å². The van der Waals surface area contributed by atoms with E-state index < -0.39 is 0 Å². The second-order valence-corrected chi connectivity index (χ2v) is 6.66. The van der Waals surface area contributed by atoms with E-state index in [-0.39, 0.29) is 11.9 Å². The molecule has 3 rings (SSSR count). The average molecular weight is 366 g/mol. The maximum Gasteiger partial charge on any atom is 0.244 e. The Labute approximate surface area is 160 Å². The summed E-state index contributed by atoms with van der Waals surface area (Å²) in [6.45, 7) is 2.79. The fraction of sp³-hybridized carbons (Fsp3) is 0.318. The molecule has 0 radical (unpaired) electrons. The number of hydrogen-bond donors (Lipinski definition) is 1. The van der Waals surface area contributed by atoms with E-state index >= 15 is 0 Å². The number of carbonyl (C=O) groups excluding carboxylic acids is 1. The highest BCUT2D eigenvalue weighted by molar-refractivity contribution is 5.92. The molecule has 1 atom stereocenters. The minimum atomic E-state index is -0.0913. The van der Waals surface area contributed by atoms with Crippen molar-refractivity contribution in [3.05, 3.63) is 65.7 Å². The monoisotopic (exact) mass is 366 g/mol. The lowest BCUT2D eigenvalue weighted by atomic mass is 10.1. The molecule has 1 heterocycles. The molecule has 2 aromatic rings. The SMILES string of the molecule is COc1ccc(OC)c(/C=C/C(=O)NC2CCN(Cc3ccccc3)C2)c1. The maximum atomic E-state index is 12.3. The molecule has 0 spiro atoms. The van der Waals surface area contributed by atoms with E-state index in [0.717, 1.165) is 37.4 Å². The summed E-state index contributed by atoms with van der Waals surface area (Å²) in [7, 11) is 3.22. The van der Waals surface area contributed by atoms with Gasteiger partial charge in [-0.25, -0.2) is 0 Å². The number of methoxy groups -OCH3 is 2. The molecule has 1 unspecified atom stereocenters. The van der Waals surface area contributed by atoms with Crippen molar-refractivity contribution >= 4 is 12.0 Å². The van der Waals surface area contributed by atoms with Gasteiger partial charge in [-0.15, -0.1) is 0 Å². The molecule has 1 N–H and O–H groups in total. The second kappa shape index (κ2) is 9.24. The first-order valence-electron chi connectivity index (χ1n) is 9.15. The maximum absolute atomic E-state index is 12.3. The number of ether oxygens (including phenoxy) is 2. The zero-order chi connectivity index (χ0) is 19.1. The van der Waals surface area contributed by atoms with Gasteiger partial charge in [0.2, 0.25) is 5.91 Å². The Bertz CT molecular complexity index is 789. The summed E-state index contributed by atoms with van der Waals surface area (Å²) >= 11 is 0. The Morgan fingerprint density at radius 2 is 2.00 bits per heavy atom. The second-order valence-electron chi connectivity index (χ2n) is 6.66. The highest BCUT2D eigenvalue weighted by Gasteiger charge is 2.23. The Balaban J connectivity index is 1.53. The first-order valence-corrected chi connectivity index (χ1v) is 9.15. The summed E-state index contributed by atoms with van der Waals surface area (Å²) in [5, 5.41) is 3.09. The fourth-order valence-electron chi connectivity index (χ4n) is 3.32. The standard InChI is InChI=1S/C22H26N2O3/c1-26-20-9-10-21(27-2)18(14-20)8-11-22(25)23-19-12-13-24(16-19)15-17-6-4-3-5-7-17/h3-11,14,19H,12-13,15-16H2,1-2H3,(H,23,25)/b11-8+. The van der Waals surface area contributed by atoms with Crippen LogP contribution in [0.2, 0.25) is 0 Å². The van der Waals surface area contributed by atoms with Crippen molar-refractivity contribution in [3.8, 4) is 11.5 Å². The summed E-state index contributed by atoms with van der Waals surface area (Å²) in [6.07, 6.45) is 4.28. The molecule has 5 nitrogen and oxygen atoms in total. The van der Waals surface area contributed by atoms with E-state index in [2.05, 4.69) is 34.5 Å². The van der Waals surface area contributed by atoms with Crippen LogP contribution >= 0.6 is 0 Å². The third-order valence-corrected chi connectivity index (χ3v) is 4.72. The van der Waals surface area contributed by atoms with Crippen molar-refractivity contribution in [2.24, 2.45) is 0 Å². The van der Waals surface area contributed by atoms with Gasteiger partial charge < -0.3 is 14.8 Å². The van der Waals surface area contributed by atoms with Crippen LogP contribution in [0.15, 0.2) is 54.6 Å². The Morgan fingerprint density at radius 3 is 2.74 bits per heavy atom. The summed E-state index contributed by atoms with van der Waals surface area (Å²) in [4.78, 5) is 14.7. The Morgan fingerprint density at radius 1 is 1.19 bits per heavy atom. The molecule has 2 aromatic carbocycles. The van der Waals surface area contributed by atoms with E-state index in [1.807, 2.05) is 24.3 Å². The number of hydrogen-bond acceptors (Lipinski definition) is 4. The van der Waals surface area contributed by atoms with Gasteiger partial charge >= 0.3 is 0 Å². The zero-order valence-corrected chi connectivity index (χ0v) is 15.9. The number of carbonyl (C=O) groups is 1. The van der Waals surface area contributed by atoms with Gasteiger partial charge in [-0.3, -0.25) is 9.69 Å². The van der Waals surface area contributed by atoms with Crippen LogP contribution in [0.3, 0.4) is 0 Å². The van der Waals surface area contributed by atoms with Crippen LogP contribution in [-0.4, -0.2) is 44.2 Å². The van der Waals surface area contributed by atoms with Gasteiger partial charge in [0.1, 0.15) is 11.5 Å². The molecule has 142 valence electrons. The molecule has 27 heavy (non-hydrogen) atoms. The lowest BCUT2D eigenvalue weighted by molar-refractivity contribution is -0.117. The predicted molar refractivity (Wildman–Crippen MR) is 107 cm³/mol. The van der Waals surface area contributed by atoms with Crippen molar-refractivity contribution in [2.75, 3.05) is 27.3 Å². The largest absolute Gasteiger partial charge is 0.497 e. The van der Waals surface area contributed by atoms with Gasteiger partial charge in [0.25, 0.3) is 0 Å². The lowest BCUT2D eigenvalue weighted by Crippen LogP contribution is -2.35. The summed E-state index contributed by atoms with van der Waals surface area (Å²) in [5.41, 5.74) is 2.11. The first kappa shape index (κ1) is 19.0. The number of benzene rings is 2. The topological polar surface area (TPSA) is 50.8 Å². The van der Waals surface area contributed by atoms with Gasteiger partial charge in [-0.05, 0) is 36.3 Å². The molecular formula is C22H26N2O3. The van der Waals surface area contributed by atoms with E-state index in [0.29, 0.717) is 5.75 Å². The third-order valence-electron chi connectivity index (χ3n) is 4.72. The summed E-state index contributed by atoms with van der Waals surface area (Å²) < 4.78 is 10.6. The van der Waals surface area contributed by atoms with Crippen LogP contribution in [0.25, 0.3) is 6.08 Å². The lowest BCUT2D eigenvalue weighted by Gasteiger charge is -2.16. The highest BCUT2D eigenvalue weighted by atomic mass is 16.5. The van der Waals surface area contributed by atoms with Crippen LogP contribution < -0.4 is 14.8 Å². The van der Waals surface area contributed by atoms with Crippen molar-refractivity contribution in [2.45, 2.75) is 19.0 Å². The molecule has 0 bridgehead atoms. The minimum absolute atomic E-state index is 0.0913. The Kier molecular flexibility index (Phi) is 6.49. The molecule has 0 aromatic heterocycles.